The Morgan fingerprint density at radius 2 is 0.254 bits per heavy atom. The van der Waals surface area contributed by atoms with Crippen molar-refractivity contribution in [1.82, 2.24) is 9.13 Å². The van der Waals surface area contributed by atoms with Crippen LogP contribution in [0.1, 0.15) is 0 Å². The molecule has 0 unspecified atom stereocenters. The summed E-state index contributed by atoms with van der Waals surface area (Å²) < 4.78 is 4.73. The normalized spacial score (nSPS) is 11.2. The van der Waals surface area contributed by atoms with Crippen molar-refractivity contribution in [2.24, 2.45) is 0 Å². The molecule has 0 atom stereocenters. The van der Waals surface area contributed by atoms with Gasteiger partial charge in [0.1, 0.15) is 0 Å². The fourth-order valence-corrected chi connectivity index (χ4v) is 18.5. The molecule has 0 aliphatic carbocycles. The molecular weight excluding hydrogens is 1570 g/mol. The smallest absolute Gasteiger partial charge is 0.0541 e. The van der Waals surface area contributed by atoms with E-state index in [1.807, 2.05) is 0 Å². The summed E-state index contributed by atoms with van der Waals surface area (Å²) in [5.41, 5.74) is 40.1. The predicted molar refractivity (Wildman–Crippen MR) is 551 cm³/mol. The third kappa shape index (κ3) is 16.0. The van der Waals surface area contributed by atoms with E-state index in [4.69, 9.17) is 0 Å². The van der Waals surface area contributed by atoms with Gasteiger partial charge in [-0.25, -0.2) is 0 Å². The van der Waals surface area contributed by atoms with Gasteiger partial charge in [0.25, 0.3) is 0 Å². The highest BCUT2D eigenvalue weighted by atomic mass is 15.1. The van der Waals surface area contributed by atoms with Crippen molar-refractivity contribution in [3.63, 3.8) is 0 Å². The van der Waals surface area contributed by atoms with Gasteiger partial charge in [-0.3, -0.25) is 0 Å². The van der Waals surface area contributed by atoms with Gasteiger partial charge in [0.2, 0.25) is 0 Å². The maximum Gasteiger partial charge on any atom is 0.0541 e. The van der Waals surface area contributed by atoms with Crippen LogP contribution in [-0.2, 0) is 0 Å². The highest BCUT2D eigenvalue weighted by molar-refractivity contribution is 6.12. The highest BCUT2D eigenvalue weighted by Crippen LogP contribution is 2.44. The summed E-state index contributed by atoms with van der Waals surface area (Å²) in [6.07, 6.45) is 0. The third-order valence-corrected chi connectivity index (χ3v) is 25.3. The second-order valence-corrected chi connectivity index (χ2v) is 33.1. The van der Waals surface area contributed by atoms with Crippen molar-refractivity contribution in [3.05, 3.63) is 534 Å². The summed E-state index contributed by atoms with van der Waals surface area (Å²) in [6.45, 7) is 0. The topological polar surface area (TPSA) is 16.3 Å². The number of hydrogen-bond donors (Lipinski definition) is 0. The van der Waals surface area contributed by atoms with Gasteiger partial charge >= 0.3 is 0 Å². The maximum atomic E-state index is 2.37. The lowest BCUT2D eigenvalue weighted by Gasteiger charge is -2.26. The lowest BCUT2D eigenvalue weighted by atomic mass is 9.98. The van der Waals surface area contributed by atoms with Crippen molar-refractivity contribution >= 4 is 77.7 Å². The monoisotopic (exact) mass is 1660 g/mol. The zero-order valence-corrected chi connectivity index (χ0v) is 71.6. The minimum Gasteiger partial charge on any atom is -0.311 e. The molecule has 0 saturated carbocycles. The quantitative estimate of drug-likeness (QED) is 0.0802. The van der Waals surface area contributed by atoms with Crippen molar-refractivity contribution in [3.8, 4) is 134 Å². The Kier molecular flexibility index (Phi) is 21.5. The molecular formula is C126H88N4. The molecule has 23 rings (SSSR count). The van der Waals surface area contributed by atoms with Crippen LogP contribution in [0.25, 0.3) is 177 Å². The average Bonchev–Trinajstić information content (AvgIpc) is 1.61. The van der Waals surface area contributed by atoms with Crippen LogP contribution in [0.5, 0.6) is 0 Å². The molecule has 4 heteroatoms. The van der Waals surface area contributed by atoms with Crippen molar-refractivity contribution < 1.29 is 0 Å². The van der Waals surface area contributed by atoms with Gasteiger partial charge in [0.05, 0.1) is 22.1 Å². The first-order chi connectivity index (χ1) is 64.4. The molecule has 4 nitrogen and oxygen atoms in total. The highest BCUT2D eigenvalue weighted by Gasteiger charge is 2.21. The Morgan fingerprint density at radius 3 is 0.462 bits per heavy atom. The predicted octanol–water partition coefficient (Wildman–Crippen LogP) is 34.8. The van der Waals surface area contributed by atoms with Crippen LogP contribution in [0, 0.1) is 0 Å². The van der Waals surface area contributed by atoms with Crippen molar-refractivity contribution in [2.45, 2.75) is 0 Å². The first kappa shape index (κ1) is 78.8. The first-order valence-electron chi connectivity index (χ1n) is 44.6. The first-order valence-corrected chi connectivity index (χ1v) is 44.6. The Hall–Kier alpha value is -17.2. The molecule has 0 aliphatic rings. The molecule has 23 aromatic rings. The van der Waals surface area contributed by atoms with Crippen LogP contribution in [0.2, 0.25) is 0 Å². The standard InChI is InChI=1S/C66H46N2.C60H42N2/c1-4-12-47(13-5-1)49-20-24-51(25-21-49)54-32-39-60(40-33-54)67(61-41-34-55(35-42-61)52-26-22-50(23-27-52)48-14-6-2-7-15-48)62-43-36-56(37-44-62)53-28-30-57(31-29-53)58-38-45-66-64(46-58)63-18-10-11-19-65(63)68(66)59-16-8-3-9-17-59;1-4-12-43(13-5-1)45-20-24-47(25-21-45)49-28-35-54(36-29-49)61(55-37-30-50(31-38-55)48-26-22-46(23-27-48)44-14-6-2-7-15-44)56-39-32-51(33-40-56)52-34-41-60-58(42-52)57-18-10-11-19-59(57)62(60)53-16-8-3-9-17-53/h1-46H;1-42H. The fourth-order valence-electron chi connectivity index (χ4n) is 18.5. The van der Waals surface area contributed by atoms with Crippen LogP contribution in [0.3, 0.4) is 0 Å². The summed E-state index contributed by atoms with van der Waals surface area (Å²) in [5.74, 6) is 0. The number of fused-ring (bicyclic) bond motifs is 6. The third-order valence-electron chi connectivity index (χ3n) is 25.3. The molecule has 21 aromatic carbocycles. The molecule has 0 fully saturated rings. The lowest BCUT2D eigenvalue weighted by Crippen LogP contribution is -2.09. The van der Waals surface area contributed by atoms with Crippen molar-refractivity contribution in [1.29, 1.82) is 0 Å². The summed E-state index contributed by atoms with van der Waals surface area (Å²) in [6, 6.07) is 193. The molecule has 612 valence electrons. The van der Waals surface area contributed by atoms with E-state index in [1.165, 1.54) is 177 Å². The van der Waals surface area contributed by atoms with E-state index >= 15 is 0 Å². The molecule has 0 bridgehead atoms. The van der Waals surface area contributed by atoms with E-state index in [2.05, 4.69) is 553 Å². The molecule has 0 amide bonds. The van der Waals surface area contributed by atoms with E-state index < -0.39 is 0 Å². The second kappa shape index (κ2) is 35.5. The number of para-hydroxylation sites is 4. The van der Waals surface area contributed by atoms with Crippen LogP contribution in [-0.4, -0.2) is 9.13 Å². The lowest BCUT2D eigenvalue weighted by molar-refractivity contribution is 1.18. The molecule has 0 N–H and O–H groups in total. The van der Waals surface area contributed by atoms with Gasteiger partial charge in [-0.05, 0) is 256 Å². The van der Waals surface area contributed by atoms with Gasteiger partial charge in [-0.2, -0.15) is 0 Å². The minimum atomic E-state index is 1.09. The Labute approximate surface area is 759 Å². The van der Waals surface area contributed by atoms with Crippen molar-refractivity contribution in [2.75, 3.05) is 9.80 Å². The summed E-state index contributed by atoms with van der Waals surface area (Å²) in [4.78, 5) is 4.70. The van der Waals surface area contributed by atoms with E-state index in [-0.39, 0.29) is 0 Å². The summed E-state index contributed by atoms with van der Waals surface area (Å²) in [5, 5.41) is 5.01. The zero-order chi connectivity index (χ0) is 86.5. The van der Waals surface area contributed by atoms with Crippen LogP contribution < -0.4 is 9.80 Å². The van der Waals surface area contributed by atoms with Crippen LogP contribution in [0.4, 0.5) is 34.1 Å². The maximum absolute atomic E-state index is 2.37. The van der Waals surface area contributed by atoms with Gasteiger partial charge in [0.15, 0.2) is 0 Å². The second-order valence-electron chi connectivity index (χ2n) is 33.1. The van der Waals surface area contributed by atoms with E-state index in [0.29, 0.717) is 0 Å². The summed E-state index contributed by atoms with van der Waals surface area (Å²) in [7, 11) is 0. The van der Waals surface area contributed by atoms with Crippen LogP contribution in [0.15, 0.2) is 534 Å². The number of benzene rings is 21. The Bertz CT molecular complexity index is 7590. The van der Waals surface area contributed by atoms with E-state index in [0.717, 1.165) is 34.1 Å². The number of aromatic nitrogens is 2. The van der Waals surface area contributed by atoms with E-state index in [1.54, 1.807) is 0 Å². The number of nitrogens with zero attached hydrogens (tertiary/aromatic N) is 4. The minimum absolute atomic E-state index is 1.09. The fraction of sp³-hybridized carbons (Fsp3) is 0. The van der Waals surface area contributed by atoms with Gasteiger partial charge in [0, 0.05) is 67.0 Å². The van der Waals surface area contributed by atoms with Crippen LogP contribution >= 0.6 is 0 Å². The largest absolute Gasteiger partial charge is 0.311 e. The van der Waals surface area contributed by atoms with Gasteiger partial charge in [-0.15, -0.1) is 0 Å². The molecule has 0 radical (unpaired) electrons. The number of anilines is 6. The molecule has 130 heavy (non-hydrogen) atoms. The summed E-state index contributed by atoms with van der Waals surface area (Å²) >= 11 is 0. The molecule has 2 aromatic heterocycles. The van der Waals surface area contributed by atoms with Gasteiger partial charge < -0.3 is 18.9 Å². The average molecular weight is 1660 g/mol. The Morgan fingerprint density at radius 1 is 0.108 bits per heavy atom. The number of rotatable bonds is 19. The number of hydrogen-bond acceptors (Lipinski definition) is 2. The van der Waals surface area contributed by atoms with Gasteiger partial charge in [-0.1, -0.05) is 400 Å². The molecule has 0 aliphatic heterocycles. The van der Waals surface area contributed by atoms with E-state index in [9.17, 15) is 0 Å². The molecule has 2 heterocycles. The Balaban J connectivity index is 0.000000153. The SMILES string of the molecule is c1ccc(-c2ccc(-c3ccc(N(c4ccc(-c5ccc(-c6ccccc6)cc5)cc4)c4ccc(-c5ccc(-c6ccc7c(c6)c6ccccc6n7-c6ccccc6)cc5)cc4)cc3)cc2)cc1.c1ccc(-c2ccc(-c3ccc(N(c4ccc(-c5ccc(-c6ccccc6)cc5)cc4)c4ccc(-c5ccc6c(c5)c5ccccc5n6-c5ccccc5)cc4)cc3)cc2)cc1. The zero-order valence-electron chi connectivity index (χ0n) is 71.6. The molecule has 0 saturated heterocycles. The molecule has 0 spiro atoms.